The second-order valence-corrected chi connectivity index (χ2v) is 4.32. The summed E-state index contributed by atoms with van der Waals surface area (Å²) in [5, 5.41) is 4.87. The molecule has 2 rings (SSSR count). The molecule has 0 aromatic carbocycles. The number of aromatic amines is 1. The first-order valence-electron chi connectivity index (χ1n) is 5.21. The van der Waals surface area contributed by atoms with Crippen LogP contribution in [0.5, 0.6) is 0 Å². The van der Waals surface area contributed by atoms with Crippen LogP contribution in [0, 0.1) is 0 Å². The van der Waals surface area contributed by atoms with Gasteiger partial charge < -0.3 is 16.0 Å². The van der Waals surface area contributed by atoms with Crippen molar-refractivity contribution in [3.05, 3.63) is 32.6 Å². The Kier molecular flexibility index (Phi) is 3.38. The number of nitrogen functional groups attached to an aromatic ring is 1. The number of thiazole rings is 1. The number of nitrogens with zero attached hydrogens (tertiary/aromatic N) is 2. The first kappa shape index (κ1) is 11.6. The topological polar surface area (TPSA) is 96.7 Å². The number of nitrogens with two attached hydrogens (primary N) is 1. The quantitative estimate of drug-likeness (QED) is 0.752. The molecule has 2 heterocycles. The Morgan fingerprint density at radius 2 is 2.35 bits per heavy atom. The number of nitrogens with one attached hydrogen (secondary N) is 2. The molecule has 0 amide bonds. The van der Waals surface area contributed by atoms with Gasteiger partial charge in [0.1, 0.15) is 17.5 Å². The number of hydrogen-bond acceptors (Lipinski definition) is 6. The fourth-order valence-corrected chi connectivity index (χ4v) is 1.93. The Morgan fingerprint density at radius 1 is 1.53 bits per heavy atom. The molecule has 0 spiro atoms. The van der Waals surface area contributed by atoms with Crippen LogP contribution in [0.25, 0.3) is 0 Å². The van der Waals surface area contributed by atoms with Gasteiger partial charge in [-0.15, -0.1) is 0 Å². The summed E-state index contributed by atoms with van der Waals surface area (Å²) in [7, 11) is 0. The average Bonchev–Trinajstić information content (AvgIpc) is 2.72. The van der Waals surface area contributed by atoms with Crippen LogP contribution in [0.15, 0.2) is 16.2 Å². The lowest BCUT2D eigenvalue weighted by Gasteiger charge is -2.06. The number of anilines is 2. The fraction of sp³-hybridized carbons (Fsp3) is 0.300. The molecule has 2 aromatic heterocycles. The molecule has 0 fully saturated rings. The molecule has 0 radical (unpaired) electrons. The summed E-state index contributed by atoms with van der Waals surface area (Å²) in [5.41, 5.74) is 6.49. The zero-order chi connectivity index (χ0) is 12.3. The first-order valence-corrected chi connectivity index (χ1v) is 6.09. The van der Waals surface area contributed by atoms with Crippen LogP contribution >= 0.6 is 11.3 Å². The van der Waals surface area contributed by atoms with Crippen molar-refractivity contribution in [2.24, 2.45) is 0 Å². The maximum absolute atomic E-state index is 10.9. The number of rotatable bonds is 4. The van der Waals surface area contributed by atoms with Crippen LogP contribution < -0.4 is 15.9 Å². The molecule has 0 bridgehead atoms. The molecule has 0 aliphatic rings. The summed E-state index contributed by atoms with van der Waals surface area (Å²) >= 11 is 1.14. The summed E-state index contributed by atoms with van der Waals surface area (Å²) in [6.07, 6.45) is 0.731. The van der Waals surface area contributed by atoms with Gasteiger partial charge in [-0.1, -0.05) is 18.3 Å². The smallest absolute Gasteiger partial charge is 0.304 e. The number of aryl methyl sites for hydroxylation is 1. The van der Waals surface area contributed by atoms with E-state index in [1.807, 2.05) is 6.92 Å². The van der Waals surface area contributed by atoms with Gasteiger partial charge in [0.2, 0.25) is 0 Å². The third kappa shape index (κ3) is 3.04. The molecule has 0 saturated carbocycles. The molecule has 2 aromatic rings. The molecule has 4 N–H and O–H groups in total. The SMILES string of the molecule is CCc1nc(N)cc(NCc2csc(=O)[nH]2)n1. The lowest BCUT2D eigenvalue weighted by molar-refractivity contribution is 0.933. The van der Waals surface area contributed by atoms with Crippen molar-refractivity contribution in [3.63, 3.8) is 0 Å². The third-order valence-electron chi connectivity index (χ3n) is 2.14. The lowest BCUT2D eigenvalue weighted by Crippen LogP contribution is -2.07. The Morgan fingerprint density at radius 3 is 3.00 bits per heavy atom. The minimum absolute atomic E-state index is 0.0572. The summed E-state index contributed by atoms with van der Waals surface area (Å²) < 4.78 is 0. The Hall–Kier alpha value is -1.89. The van der Waals surface area contributed by atoms with Gasteiger partial charge in [0.15, 0.2) is 0 Å². The second-order valence-electron chi connectivity index (χ2n) is 3.47. The van der Waals surface area contributed by atoms with Crippen LogP contribution in [-0.2, 0) is 13.0 Å². The van der Waals surface area contributed by atoms with E-state index in [2.05, 4.69) is 20.3 Å². The largest absolute Gasteiger partial charge is 0.384 e. The van der Waals surface area contributed by atoms with Gasteiger partial charge in [-0.3, -0.25) is 4.79 Å². The molecule has 0 aliphatic carbocycles. The van der Waals surface area contributed by atoms with E-state index < -0.39 is 0 Å². The highest BCUT2D eigenvalue weighted by atomic mass is 32.1. The van der Waals surface area contributed by atoms with Gasteiger partial charge in [-0.2, -0.15) is 0 Å². The lowest BCUT2D eigenvalue weighted by atomic mass is 10.4. The van der Waals surface area contributed by atoms with Gasteiger partial charge >= 0.3 is 4.87 Å². The second kappa shape index (κ2) is 4.96. The van der Waals surface area contributed by atoms with Gasteiger partial charge in [-0.25, -0.2) is 9.97 Å². The van der Waals surface area contributed by atoms with Crippen molar-refractivity contribution in [3.8, 4) is 0 Å². The van der Waals surface area contributed by atoms with Gasteiger partial charge in [0, 0.05) is 23.6 Å². The van der Waals surface area contributed by atoms with Crippen molar-refractivity contribution in [2.45, 2.75) is 19.9 Å². The molecule has 7 heteroatoms. The molecule has 6 nitrogen and oxygen atoms in total. The highest BCUT2D eigenvalue weighted by molar-refractivity contribution is 7.07. The molecular formula is C10H13N5OS. The number of aromatic nitrogens is 3. The first-order chi connectivity index (χ1) is 8.17. The number of hydrogen-bond donors (Lipinski definition) is 3. The molecule has 0 saturated heterocycles. The maximum Gasteiger partial charge on any atom is 0.304 e. The van der Waals surface area contributed by atoms with E-state index in [1.165, 1.54) is 0 Å². The Bertz CT molecular complexity index is 562. The predicted octanol–water partition coefficient (Wildman–Crippen LogP) is 0.983. The minimum Gasteiger partial charge on any atom is -0.384 e. The van der Waals surface area contributed by atoms with Crippen LogP contribution in [0.3, 0.4) is 0 Å². The van der Waals surface area contributed by atoms with E-state index in [1.54, 1.807) is 11.4 Å². The van der Waals surface area contributed by atoms with Crippen LogP contribution in [0.2, 0.25) is 0 Å². The maximum atomic E-state index is 10.9. The van der Waals surface area contributed by atoms with Crippen LogP contribution in [0.1, 0.15) is 18.4 Å². The molecule has 0 atom stereocenters. The molecule has 0 unspecified atom stereocenters. The highest BCUT2D eigenvalue weighted by Gasteiger charge is 2.02. The van der Waals surface area contributed by atoms with E-state index in [9.17, 15) is 4.79 Å². The number of H-pyrrole nitrogens is 1. The fourth-order valence-electron chi connectivity index (χ4n) is 1.35. The van der Waals surface area contributed by atoms with E-state index in [0.717, 1.165) is 23.5 Å². The summed E-state index contributed by atoms with van der Waals surface area (Å²) in [4.78, 5) is 22.0. The van der Waals surface area contributed by atoms with Crippen molar-refractivity contribution in [1.29, 1.82) is 0 Å². The van der Waals surface area contributed by atoms with E-state index in [-0.39, 0.29) is 4.87 Å². The van der Waals surface area contributed by atoms with E-state index >= 15 is 0 Å². The standard InChI is InChI=1S/C10H13N5OS/c1-2-8-14-7(11)3-9(15-8)12-4-6-5-17-10(16)13-6/h3,5H,2,4H2,1H3,(H,13,16)(H3,11,12,14,15). The summed E-state index contributed by atoms with van der Waals surface area (Å²) in [6.45, 7) is 2.48. The molecule has 90 valence electrons. The zero-order valence-electron chi connectivity index (χ0n) is 9.36. The average molecular weight is 251 g/mol. The van der Waals surface area contributed by atoms with Gasteiger partial charge in [-0.05, 0) is 0 Å². The van der Waals surface area contributed by atoms with Crippen molar-refractivity contribution in [2.75, 3.05) is 11.1 Å². The molecule has 0 aliphatic heterocycles. The zero-order valence-corrected chi connectivity index (χ0v) is 10.2. The summed E-state index contributed by atoms with van der Waals surface area (Å²) in [6, 6.07) is 1.67. The summed E-state index contributed by atoms with van der Waals surface area (Å²) in [5.74, 6) is 1.81. The van der Waals surface area contributed by atoms with E-state index in [0.29, 0.717) is 24.0 Å². The van der Waals surface area contributed by atoms with Crippen molar-refractivity contribution in [1.82, 2.24) is 15.0 Å². The van der Waals surface area contributed by atoms with Crippen LogP contribution in [-0.4, -0.2) is 15.0 Å². The molecular weight excluding hydrogens is 238 g/mol. The van der Waals surface area contributed by atoms with Crippen LogP contribution in [0.4, 0.5) is 11.6 Å². The van der Waals surface area contributed by atoms with Crippen molar-refractivity contribution >= 4 is 23.0 Å². The monoisotopic (exact) mass is 251 g/mol. The van der Waals surface area contributed by atoms with Crippen molar-refractivity contribution < 1.29 is 0 Å². The Labute approximate surface area is 102 Å². The Balaban J connectivity index is 2.08. The predicted molar refractivity (Wildman–Crippen MR) is 68.1 cm³/mol. The van der Waals surface area contributed by atoms with E-state index in [4.69, 9.17) is 5.73 Å². The third-order valence-corrected chi connectivity index (χ3v) is 2.86. The highest BCUT2D eigenvalue weighted by Crippen LogP contribution is 2.10. The van der Waals surface area contributed by atoms with Gasteiger partial charge in [0.05, 0.1) is 6.54 Å². The normalized spacial score (nSPS) is 10.4. The minimum atomic E-state index is -0.0572. The van der Waals surface area contributed by atoms with Gasteiger partial charge in [0.25, 0.3) is 0 Å². The molecule has 17 heavy (non-hydrogen) atoms.